The van der Waals surface area contributed by atoms with Gasteiger partial charge in [-0.3, -0.25) is 9.58 Å². The van der Waals surface area contributed by atoms with Gasteiger partial charge in [-0.2, -0.15) is 5.10 Å². The standard InChI is InChI=1S/C19H25N3O4/c1-23-15-4-2-5-16(10-15)26-17-13-24-18-11-21(12-19(18)25-14-17)8-9-22-7-3-6-20-22/h2-7,10,17-19H,8-9,11-14H2,1H3/t18-,19-/m0/s1. The fourth-order valence-corrected chi connectivity index (χ4v) is 3.44. The van der Waals surface area contributed by atoms with Gasteiger partial charge in [-0.15, -0.1) is 0 Å². The predicted octanol–water partition coefficient (Wildman–Crippen LogP) is 1.44. The van der Waals surface area contributed by atoms with E-state index in [9.17, 15) is 0 Å². The van der Waals surface area contributed by atoms with E-state index in [0.717, 1.165) is 37.7 Å². The highest BCUT2D eigenvalue weighted by Crippen LogP contribution is 2.24. The molecule has 3 heterocycles. The lowest BCUT2D eigenvalue weighted by molar-refractivity contribution is -0.00461. The number of hydrogen-bond acceptors (Lipinski definition) is 6. The fraction of sp³-hybridized carbons (Fsp3) is 0.526. The summed E-state index contributed by atoms with van der Waals surface area (Å²) in [5.41, 5.74) is 0. The maximum absolute atomic E-state index is 6.09. The molecule has 1 aromatic carbocycles. The molecule has 0 spiro atoms. The molecule has 2 atom stereocenters. The second-order valence-electron chi connectivity index (χ2n) is 6.69. The minimum Gasteiger partial charge on any atom is -0.497 e. The molecular weight excluding hydrogens is 334 g/mol. The van der Waals surface area contributed by atoms with Crippen LogP contribution in [-0.2, 0) is 16.0 Å². The van der Waals surface area contributed by atoms with E-state index in [1.165, 1.54) is 0 Å². The Hall–Kier alpha value is -2.09. The Kier molecular flexibility index (Phi) is 5.38. The summed E-state index contributed by atoms with van der Waals surface area (Å²) in [6.45, 7) is 4.67. The topological polar surface area (TPSA) is 58.0 Å². The van der Waals surface area contributed by atoms with Crippen molar-refractivity contribution >= 4 is 0 Å². The third-order valence-corrected chi connectivity index (χ3v) is 4.83. The number of methoxy groups -OCH3 is 1. The van der Waals surface area contributed by atoms with Crippen molar-refractivity contribution in [3.8, 4) is 11.5 Å². The van der Waals surface area contributed by atoms with Crippen molar-refractivity contribution in [3.05, 3.63) is 42.7 Å². The van der Waals surface area contributed by atoms with Gasteiger partial charge in [0.2, 0.25) is 0 Å². The van der Waals surface area contributed by atoms with Gasteiger partial charge in [-0.25, -0.2) is 0 Å². The van der Waals surface area contributed by atoms with E-state index in [-0.39, 0.29) is 18.3 Å². The molecule has 1 aromatic heterocycles. The van der Waals surface area contributed by atoms with Gasteiger partial charge in [0.1, 0.15) is 17.6 Å². The molecule has 4 rings (SSSR count). The van der Waals surface area contributed by atoms with Gasteiger partial charge in [0.05, 0.1) is 39.1 Å². The van der Waals surface area contributed by atoms with Gasteiger partial charge in [0.25, 0.3) is 0 Å². The predicted molar refractivity (Wildman–Crippen MR) is 95.6 cm³/mol. The molecule has 2 aliphatic heterocycles. The van der Waals surface area contributed by atoms with Gasteiger partial charge in [0.15, 0.2) is 0 Å². The highest BCUT2D eigenvalue weighted by atomic mass is 16.6. The fourth-order valence-electron chi connectivity index (χ4n) is 3.44. The van der Waals surface area contributed by atoms with Crippen molar-refractivity contribution in [2.45, 2.75) is 24.9 Å². The molecule has 7 nitrogen and oxygen atoms in total. The van der Waals surface area contributed by atoms with Crippen molar-refractivity contribution in [2.24, 2.45) is 0 Å². The maximum Gasteiger partial charge on any atom is 0.145 e. The second-order valence-corrected chi connectivity index (χ2v) is 6.69. The summed E-state index contributed by atoms with van der Waals surface area (Å²) >= 11 is 0. The molecule has 0 bridgehead atoms. The van der Waals surface area contributed by atoms with Gasteiger partial charge < -0.3 is 18.9 Å². The molecular formula is C19H25N3O4. The van der Waals surface area contributed by atoms with Gasteiger partial charge in [-0.1, -0.05) is 6.07 Å². The zero-order valence-electron chi connectivity index (χ0n) is 15.0. The molecule has 2 fully saturated rings. The summed E-state index contributed by atoms with van der Waals surface area (Å²) in [6.07, 6.45) is 3.90. The van der Waals surface area contributed by atoms with Crippen LogP contribution in [0.1, 0.15) is 0 Å². The zero-order valence-corrected chi connectivity index (χ0v) is 15.0. The molecule has 140 valence electrons. The van der Waals surface area contributed by atoms with Crippen LogP contribution in [0.25, 0.3) is 0 Å². The van der Waals surface area contributed by atoms with Crippen molar-refractivity contribution in [1.29, 1.82) is 0 Å². The van der Waals surface area contributed by atoms with Crippen LogP contribution >= 0.6 is 0 Å². The van der Waals surface area contributed by atoms with Crippen LogP contribution in [0.2, 0.25) is 0 Å². The van der Waals surface area contributed by atoms with Crippen LogP contribution in [0, 0.1) is 0 Å². The first-order chi connectivity index (χ1) is 12.8. The molecule has 2 saturated heterocycles. The average Bonchev–Trinajstić information content (AvgIpc) is 3.28. The first-order valence-electron chi connectivity index (χ1n) is 9.04. The van der Waals surface area contributed by atoms with Gasteiger partial charge in [-0.05, 0) is 18.2 Å². The van der Waals surface area contributed by atoms with Crippen LogP contribution < -0.4 is 9.47 Å². The molecule has 2 aliphatic rings. The minimum absolute atomic E-state index is 0.103. The highest BCUT2D eigenvalue weighted by molar-refractivity contribution is 5.33. The van der Waals surface area contributed by atoms with E-state index in [1.807, 2.05) is 47.4 Å². The summed E-state index contributed by atoms with van der Waals surface area (Å²) in [6, 6.07) is 9.56. The number of rotatable bonds is 6. The monoisotopic (exact) mass is 359 g/mol. The molecule has 26 heavy (non-hydrogen) atoms. The number of ether oxygens (including phenoxy) is 4. The van der Waals surface area contributed by atoms with Crippen LogP contribution in [0.5, 0.6) is 11.5 Å². The SMILES string of the molecule is COc1cccc(OC2CO[C@H]3CN(CCn4cccn4)C[C@@H]3OC2)c1. The van der Waals surface area contributed by atoms with E-state index in [0.29, 0.717) is 13.2 Å². The number of hydrogen-bond donors (Lipinski definition) is 0. The quantitative estimate of drug-likeness (QED) is 0.778. The normalized spacial score (nSPS) is 24.2. The summed E-state index contributed by atoms with van der Waals surface area (Å²) in [5, 5.41) is 4.25. The largest absolute Gasteiger partial charge is 0.497 e. The maximum atomic E-state index is 6.09. The van der Waals surface area contributed by atoms with Gasteiger partial charge >= 0.3 is 0 Å². The molecule has 0 radical (unpaired) electrons. The Morgan fingerprint density at radius 1 is 1.08 bits per heavy atom. The second kappa shape index (κ2) is 8.07. The minimum atomic E-state index is -0.106. The first kappa shape index (κ1) is 17.3. The number of benzene rings is 1. The van der Waals surface area contributed by atoms with Crippen molar-refractivity contribution < 1.29 is 18.9 Å². The number of likely N-dealkylation sites (tertiary alicyclic amines) is 1. The first-order valence-corrected chi connectivity index (χ1v) is 9.04. The average molecular weight is 359 g/mol. The Balaban J connectivity index is 1.26. The number of aromatic nitrogens is 2. The van der Waals surface area contributed by atoms with E-state index >= 15 is 0 Å². The molecule has 7 heteroatoms. The Morgan fingerprint density at radius 3 is 2.54 bits per heavy atom. The van der Waals surface area contributed by atoms with Crippen LogP contribution in [0.4, 0.5) is 0 Å². The number of fused-ring (bicyclic) bond motifs is 1. The smallest absolute Gasteiger partial charge is 0.145 e. The van der Waals surface area contributed by atoms with Crippen LogP contribution in [0.15, 0.2) is 42.7 Å². The Morgan fingerprint density at radius 2 is 1.85 bits per heavy atom. The molecule has 0 unspecified atom stereocenters. The number of nitrogens with zero attached hydrogens (tertiary/aromatic N) is 3. The summed E-state index contributed by atoms with van der Waals surface area (Å²) in [4.78, 5) is 2.38. The molecule has 0 amide bonds. The van der Waals surface area contributed by atoms with E-state index in [4.69, 9.17) is 18.9 Å². The Labute approximate surface area is 153 Å². The lowest BCUT2D eigenvalue weighted by Gasteiger charge is -2.19. The molecule has 0 aliphatic carbocycles. The highest BCUT2D eigenvalue weighted by Gasteiger charge is 2.37. The van der Waals surface area contributed by atoms with Crippen molar-refractivity contribution in [3.63, 3.8) is 0 Å². The van der Waals surface area contributed by atoms with Gasteiger partial charge in [0, 0.05) is 38.1 Å². The summed E-state index contributed by atoms with van der Waals surface area (Å²) in [7, 11) is 1.65. The third kappa shape index (κ3) is 4.17. The summed E-state index contributed by atoms with van der Waals surface area (Å²) in [5.74, 6) is 1.55. The molecule has 0 N–H and O–H groups in total. The van der Waals surface area contributed by atoms with E-state index in [2.05, 4.69) is 10.00 Å². The third-order valence-electron chi connectivity index (χ3n) is 4.83. The van der Waals surface area contributed by atoms with Crippen LogP contribution in [-0.4, -0.2) is 73.0 Å². The molecule has 0 saturated carbocycles. The summed E-state index contributed by atoms with van der Waals surface area (Å²) < 4.78 is 25.4. The van der Waals surface area contributed by atoms with Crippen molar-refractivity contribution in [1.82, 2.24) is 14.7 Å². The lowest BCUT2D eigenvalue weighted by atomic mass is 10.3. The van der Waals surface area contributed by atoms with E-state index in [1.54, 1.807) is 7.11 Å². The zero-order chi connectivity index (χ0) is 17.8. The van der Waals surface area contributed by atoms with E-state index < -0.39 is 0 Å². The van der Waals surface area contributed by atoms with Crippen LogP contribution in [0.3, 0.4) is 0 Å². The Bertz CT molecular complexity index is 678. The lowest BCUT2D eigenvalue weighted by Crippen LogP contribution is -2.31. The molecule has 2 aromatic rings. The van der Waals surface area contributed by atoms with Crippen molar-refractivity contribution in [2.75, 3.05) is 40.0 Å².